The summed E-state index contributed by atoms with van der Waals surface area (Å²) in [4.78, 5) is 34.2. The molecular formula is C40H51N3O8. The van der Waals surface area contributed by atoms with Crippen molar-refractivity contribution in [2.75, 3.05) is 39.7 Å². The normalized spacial score (nSPS) is 42.1. The number of ether oxygens (including phenoxy) is 4. The maximum Gasteiger partial charge on any atom is 0.340 e. The van der Waals surface area contributed by atoms with Gasteiger partial charge in [-0.3, -0.25) is 14.7 Å². The van der Waals surface area contributed by atoms with Crippen molar-refractivity contribution in [3.8, 4) is 0 Å². The van der Waals surface area contributed by atoms with Crippen LogP contribution in [0.2, 0.25) is 0 Å². The smallest absolute Gasteiger partial charge is 0.340 e. The number of amides is 1. The molecule has 11 heteroatoms. The quantitative estimate of drug-likeness (QED) is 0.260. The van der Waals surface area contributed by atoms with E-state index < -0.39 is 34.3 Å². The SMILES string of the molecule is CCN1C[C@]2(OC(=O)c3ccccc3NC(=O)/C=C/c3cc(C)ccn3)CC[C@H](OC)[C@]34C1[C@@H](C[C@H]23)[C@@]1(O)C[C@H](OC)C[C@H]2C[C@@H]4[C@]1(O)[C@H]2OC. The predicted octanol–water partition coefficient (Wildman–Crippen LogP) is 4.01. The first-order chi connectivity index (χ1) is 24.5. The second kappa shape index (κ2) is 12.5. The zero-order valence-electron chi connectivity index (χ0n) is 30.2. The van der Waals surface area contributed by atoms with Crippen molar-refractivity contribution in [2.45, 2.75) is 93.5 Å². The fourth-order valence-corrected chi connectivity index (χ4v) is 12.6. The molecule has 7 bridgehead atoms. The Kier molecular flexibility index (Phi) is 8.52. The number of aromatic nitrogens is 1. The molecule has 51 heavy (non-hydrogen) atoms. The van der Waals surface area contributed by atoms with Crippen LogP contribution in [0.4, 0.5) is 5.69 Å². The number of benzene rings is 1. The number of piperidine rings is 1. The van der Waals surface area contributed by atoms with Crippen LogP contribution in [0, 0.1) is 36.0 Å². The number of aryl methyl sites for hydroxylation is 1. The van der Waals surface area contributed by atoms with E-state index in [4.69, 9.17) is 18.9 Å². The highest BCUT2D eigenvalue weighted by molar-refractivity contribution is 6.06. The van der Waals surface area contributed by atoms with E-state index in [1.54, 1.807) is 57.9 Å². The van der Waals surface area contributed by atoms with Gasteiger partial charge in [-0.2, -0.15) is 0 Å². The minimum absolute atomic E-state index is 0.00359. The van der Waals surface area contributed by atoms with Crippen molar-refractivity contribution in [3.63, 3.8) is 0 Å². The molecule has 1 aromatic heterocycles. The van der Waals surface area contributed by atoms with Crippen LogP contribution >= 0.6 is 0 Å². The van der Waals surface area contributed by atoms with E-state index in [1.165, 1.54) is 6.08 Å². The first-order valence-corrected chi connectivity index (χ1v) is 18.5. The van der Waals surface area contributed by atoms with Gasteiger partial charge in [0.05, 0.1) is 35.3 Å². The Labute approximate surface area is 299 Å². The van der Waals surface area contributed by atoms with E-state index in [-0.39, 0.29) is 53.4 Å². The molecule has 1 aliphatic heterocycles. The third-order valence-electron chi connectivity index (χ3n) is 14.1. The van der Waals surface area contributed by atoms with Gasteiger partial charge < -0.3 is 34.5 Å². The van der Waals surface area contributed by atoms with Crippen LogP contribution < -0.4 is 5.32 Å². The van der Waals surface area contributed by atoms with Crippen molar-refractivity contribution < 1.29 is 38.7 Å². The number of para-hydroxylation sites is 1. The Hall–Kier alpha value is -3.19. The number of nitrogens with zero attached hydrogens (tertiary/aromatic N) is 2. The fourth-order valence-electron chi connectivity index (χ4n) is 12.6. The van der Waals surface area contributed by atoms with Gasteiger partial charge >= 0.3 is 5.97 Å². The molecule has 2 heterocycles. The Morgan fingerprint density at radius 2 is 1.86 bits per heavy atom. The highest BCUT2D eigenvalue weighted by Gasteiger charge is 2.88. The van der Waals surface area contributed by atoms with Crippen LogP contribution in [-0.2, 0) is 23.7 Å². The molecule has 1 unspecified atom stereocenters. The van der Waals surface area contributed by atoms with Gasteiger partial charge in [0.25, 0.3) is 0 Å². The number of anilines is 1. The summed E-state index contributed by atoms with van der Waals surface area (Å²) in [6, 6.07) is 10.6. The molecular weight excluding hydrogens is 650 g/mol. The van der Waals surface area contributed by atoms with Crippen LogP contribution in [0.1, 0.15) is 67.1 Å². The van der Waals surface area contributed by atoms with Crippen LogP contribution in [0.5, 0.6) is 0 Å². The summed E-state index contributed by atoms with van der Waals surface area (Å²) in [5, 5.41) is 29.2. The van der Waals surface area contributed by atoms with Gasteiger partial charge in [0, 0.05) is 75.8 Å². The van der Waals surface area contributed by atoms with E-state index in [1.807, 2.05) is 19.1 Å². The van der Waals surface area contributed by atoms with Crippen LogP contribution in [0.25, 0.3) is 6.08 Å². The summed E-state index contributed by atoms with van der Waals surface area (Å²) >= 11 is 0. The number of fused-ring (bicyclic) bond motifs is 2. The number of likely N-dealkylation sites (tertiary alicyclic amines) is 1. The average Bonchev–Trinajstić information content (AvgIpc) is 3.52. The number of nitrogens with one attached hydrogen (secondary N) is 1. The third-order valence-corrected chi connectivity index (χ3v) is 14.1. The Bertz CT molecular complexity index is 1740. The molecule has 0 radical (unpaired) electrons. The van der Waals surface area contributed by atoms with Crippen molar-refractivity contribution in [1.82, 2.24) is 9.88 Å². The molecule has 1 amide bonds. The predicted molar refractivity (Wildman–Crippen MR) is 189 cm³/mol. The molecule has 8 rings (SSSR count). The van der Waals surface area contributed by atoms with E-state index >= 15 is 0 Å². The number of pyridine rings is 1. The molecule has 3 N–H and O–H groups in total. The van der Waals surface area contributed by atoms with E-state index in [0.717, 1.165) is 5.56 Å². The van der Waals surface area contributed by atoms with Crippen molar-refractivity contribution in [2.24, 2.45) is 29.1 Å². The second-order valence-corrected chi connectivity index (χ2v) is 16.0. The lowest BCUT2D eigenvalue weighted by molar-refractivity contribution is -0.328. The summed E-state index contributed by atoms with van der Waals surface area (Å²) in [7, 11) is 5.09. The monoisotopic (exact) mass is 701 g/mol. The van der Waals surface area contributed by atoms with E-state index in [0.29, 0.717) is 63.0 Å². The summed E-state index contributed by atoms with van der Waals surface area (Å²) in [6.45, 7) is 5.29. The van der Waals surface area contributed by atoms with E-state index in [9.17, 15) is 19.8 Å². The largest absolute Gasteiger partial charge is 0.454 e. The Morgan fingerprint density at radius 3 is 2.59 bits per heavy atom. The highest BCUT2D eigenvalue weighted by atomic mass is 16.6. The number of carbonyl (C=O) groups is 2. The summed E-state index contributed by atoms with van der Waals surface area (Å²) in [5.41, 5.74) is -2.15. The van der Waals surface area contributed by atoms with Crippen molar-refractivity contribution in [3.05, 3.63) is 65.5 Å². The first-order valence-electron chi connectivity index (χ1n) is 18.5. The Balaban J connectivity index is 1.16. The highest BCUT2D eigenvalue weighted by Crippen LogP contribution is 2.78. The lowest BCUT2D eigenvalue weighted by Gasteiger charge is -2.70. The van der Waals surface area contributed by atoms with Gasteiger partial charge in [0.1, 0.15) is 16.8 Å². The molecule has 11 nitrogen and oxygen atoms in total. The number of rotatable bonds is 9. The molecule has 2 aromatic rings. The number of likely N-dealkylation sites (N-methyl/N-ethyl adjacent to an activating group) is 1. The number of methoxy groups -OCH3 is 3. The number of esters is 1. The van der Waals surface area contributed by atoms with Crippen molar-refractivity contribution in [1.29, 1.82) is 0 Å². The summed E-state index contributed by atoms with van der Waals surface area (Å²) in [5.74, 6) is -1.72. The van der Waals surface area contributed by atoms with Gasteiger partial charge in [-0.15, -0.1) is 0 Å². The third kappa shape index (κ3) is 4.74. The van der Waals surface area contributed by atoms with Crippen LogP contribution in [-0.4, -0.2) is 108 Å². The molecule has 5 aliphatic carbocycles. The fraction of sp³-hybridized carbons (Fsp3) is 0.625. The molecule has 6 fully saturated rings. The van der Waals surface area contributed by atoms with Crippen LogP contribution in [0.15, 0.2) is 48.7 Å². The minimum atomic E-state index is -1.52. The van der Waals surface area contributed by atoms with Gasteiger partial charge in [0.15, 0.2) is 0 Å². The number of hydrogen-bond donors (Lipinski definition) is 3. The molecule has 1 saturated heterocycles. The summed E-state index contributed by atoms with van der Waals surface area (Å²) < 4.78 is 25.4. The maximum absolute atomic E-state index is 14.5. The average molecular weight is 702 g/mol. The molecule has 5 saturated carbocycles. The zero-order chi connectivity index (χ0) is 35.9. The van der Waals surface area contributed by atoms with Gasteiger partial charge in [-0.05, 0) is 87.4 Å². The maximum atomic E-state index is 14.5. The number of carbonyl (C=O) groups excluding carboxylic acids is 2. The molecule has 274 valence electrons. The van der Waals surface area contributed by atoms with E-state index in [2.05, 4.69) is 22.1 Å². The zero-order valence-corrected chi connectivity index (χ0v) is 30.2. The van der Waals surface area contributed by atoms with Crippen LogP contribution in [0.3, 0.4) is 0 Å². The van der Waals surface area contributed by atoms with Gasteiger partial charge in [-0.25, -0.2) is 4.79 Å². The number of aliphatic hydroxyl groups is 2. The molecule has 6 aliphatic rings. The molecule has 12 atom stereocenters. The first kappa shape index (κ1) is 34.9. The second-order valence-electron chi connectivity index (χ2n) is 16.0. The lowest BCUT2D eigenvalue weighted by atomic mass is 9.43. The van der Waals surface area contributed by atoms with Crippen molar-refractivity contribution >= 4 is 23.6 Å². The number of hydrogen-bond acceptors (Lipinski definition) is 10. The molecule has 1 aromatic carbocycles. The van der Waals surface area contributed by atoms with Gasteiger partial charge in [-0.1, -0.05) is 19.1 Å². The topological polar surface area (TPSA) is 140 Å². The Morgan fingerprint density at radius 1 is 1.06 bits per heavy atom. The van der Waals surface area contributed by atoms with Gasteiger partial charge in [0.2, 0.25) is 5.91 Å². The minimum Gasteiger partial charge on any atom is -0.454 e. The summed E-state index contributed by atoms with van der Waals surface area (Å²) in [6.07, 6.45) is 7.28. The molecule has 1 spiro atoms. The lowest BCUT2D eigenvalue weighted by Crippen LogP contribution is -2.82. The standard InChI is InChI=1S/C40H51N3O8/c1-6-43-22-37(51-36(45)27-9-7-8-10-29(27)42-33(44)12-11-25-17-23(2)14-16-41-25)15-13-32(49-4)39-30(37)20-28(34(39)43)38(46)21-26(48-3)18-24-19-31(39)40(38,47)35(24)50-5/h7-12,14,16-17,24,26,28,30-32,34-35,46-47H,6,13,15,18-22H2,1-5H3,(H,42,44)/b12-11+/t24-,26+,28+,30+,31-,32-,34?,35-,37+,38-,39-,40-/m0/s1.